The summed E-state index contributed by atoms with van der Waals surface area (Å²) in [4.78, 5) is 0. The van der Waals surface area contributed by atoms with Crippen LogP contribution in [0.15, 0.2) is 29.0 Å². The molecular formula is C15H22N4O3S. The zero-order valence-corrected chi connectivity index (χ0v) is 14.4. The number of nitrogens with one attached hydrogen (secondary N) is 1. The number of nitrogens with zero attached hydrogens (tertiary/aromatic N) is 3. The lowest BCUT2D eigenvalue weighted by molar-refractivity contribution is 0.333. The first-order chi connectivity index (χ1) is 10.9. The van der Waals surface area contributed by atoms with E-state index in [9.17, 15) is 8.42 Å². The Morgan fingerprint density at radius 1 is 1.48 bits per heavy atom. The van der Waals surface area contributed by atoms with Crippen molar-refractivity contribution in [3.8, 4) is 0 Å². The van der Waals surface area contributed by atoms with Crippen molar-refractivity contribution >= 4 is 10.2 Å². The van der Waals surface area contributed by atoms with E-state index >= 15 is 0 Å². The molecule has 126 valence electrons. The molecule has 0 saturated carbocycles. The number of hydrogen-bond acceptors (Lipinski definition) is 4. The molecule has 1 aliphatic heterocycles. The summed E-state index contributed by atoms with van der Waals surface area (Å²) in [6.45, 7) is 4.26. The van der Waals surface area contributed by atoms with Crippen LogP contribution in [0.3, 0.4) is 0 Å². The molecule has 0 bridgehead atoms. The number of aryl methyl sites for hydroxylation is 1. The standard InChI is InChI=1S/C15H22N4O3S/c1-11(13-10-16-18(3)12(13)2)17-23(20,21)19-8-4-6-14(19)15-7-5-9-22-15/h5,7,9-11,14,17H,4,6,8H2,1-3H3/t11-,14+/m1/s1. The van der Waals surface area contributed by atoms with E-state index in [1.165, 1.54) is 4.31 Å². The van der Waals surface area contributed by atoms with Crippen molar-refractivity contribution in [1.29, 1.82) is 0 Å². The van der Waals surface area contributed by atoms with Gasteiger partial charge in [-0.05, 0) is 38.8 Å². The Labute approximate surface area is 136 Å². The predicted octanol–water partition coefficient (Wildman–Crippen LogP) is 2.05. The van der Waals surface area contributed by atoms with E-state index < -0.39 is 10.2 Å². The van der Waals surface area contributed by atoms with Crippen molar-refractivity contribution in [3.05, 3.63) is 41.6 Å². The van der Waals surface area contributed by atoms with Crippen LogP contribution in [0, 0.1) is 6.92 Å². The minimum absolute atomic E-state index is 0.232. The Kier molecular flexibility index (Phi) is 4.31. The minimum Gasteiger partial charge on any atom is -0.468 e. The highest BCUT2D eigenvalue weighted by molar-refractivity contribution is 7.87. The first-order valence-corrected chi connectivity index (χ1v) is 9.15. The van der Waals surface area contributed by atoms with Gasteiger partial charge in [0.25, 0.3) is 10.2 Å². The zero-order valence-electron chi connectivity index (χ0n) is 13.6. The first kappa shape index (κ1) is 16.2. The molecule has 3 rings (SSSR count). The fourth-order valence-electron chi connectivity index (χ4n) is 3.09. The summed E-state index contributed by atoms with van der Waals surface area (Å²) in [6.07, 6.45) is 4.88. The highest BCUT2D eigenvalue weighted by atomic mass is 32.2. The third-order valence-corrected chi connectivity index (χ3v) is 6.16. The van der Waals surface area contributed by atoms with Crippen LogP contribution in [0.1, 0.15) is 48.9 Å². The molecule has 0 amide bonds. The fourth-order valence-corrected chi connectivity index (χ4v) is 4.71. The number of furan rings is 1. The third kappa shape index (κ3) is 3.06. The van der Waals surface area contributed by atoms with Gasteiger partial charge in [-0.25, -0.2) is 0 Å². The van der Waals surface area contributed by atoms with Crippen molar-refractivity contribution < 1.29 is 12.8 Å². The fraction of sp³-hybridized carbons (Fsp3) is 0.533. The number of hydrogen-bond donors (Lipinski definition) is 1. The van der Waals surface area contributed by atoms with E-state index in [-0.39, 0.29) is 12.1 Å². The molecule has 0 aromatic carbocycles. The smallest absolute Gasteiger partial charge is 0.280 e. The molecule has 0 aliphatic carbocycles. The molecule has 2 atom stereocenters. The van der Waals surface area contributed by atoms with Crippen molar-refractivity contribution in [3.63, 3.8) is 0 Å². The van der Waals surface area contributed by atoms with Crippen molar-refractivity contribution in [2.24, 2.45) is 7.05 Å². The molecule has 0 unspecified atom stereocenters. The molecule has 8 heteroatoms. The highest BCUT2D eigenvalue weighted by Crippen LogP contribution is 2.34. The lowest BCUT2D eigenvalue weighted by atomic mass is 10.1. The number of rotatable bonds is 5. The van der Waals surface area contributed by atoms with Gasteiger partial charge in [-0.2, -0.15) is 22.5 Å². The lowest BCUT2D eigenvalue weighted by Gasteiger charge is -2.25. The third-order valence-electron chi connectivity index (χ3n) is 4.45. The summed E-state index contributed by atoms with van der Waals surface area (Å²) >= 11 is 0. The van der Waals surface area contributed by atoms with Crippen LogP contribution in [0.25, 0.3) is 0 Å². The zero-order chi connectivity index (χ0) is 16.6. The van der Waals surface area contributed by atoms with Gasteiger partial charge in [0.05, 0.1) is 18.5 Å². The molecule has 2 aromatic heterocycles. The van der Waals surface area contributed by atoms with Gasteiger partial charge in [0, 0.05) is 30.9 Å². The Balaban J connectivity index is 1.80. The molecule has 0 spiro atoms. The van der Waals surface area contributed by atoms with E-state index in [0.717, 1.165) is 24.1 Å². The van der Waals surface area contributed by atoms with E-state index in [1.807, 2.05) is 27.0 Å². The molecular weight excluding hydrogens is 316 g/mol. The topological polar surface area (TPSA) is 80.4 Å². The second kappa shape index (κ2) is 6.10. The molecule has 23 heavy (non-hydrogen) atoms. The Morgan fingerprint density at radius 2 is 2.26 bits per heavy atom. The van der Waals surface area contributed by atoms with Gasteiger partial charge in [0.1, 0.15) is 5.76 Å². The van der Waals surface area contributed by atoms with E-state index in [4.69, 9.17) is 4.42 Å². The summed E-state index contributed by atoms with van der Waals surface area (Å²) in [5.74, 6) is 0.693. The average molecular weight is 338 g/mol. The average Bonchev–Trinajstić information content (AvgIpc) is 3.20. The Morgan fingerprint density at radius 3 is 2.87 bits per heavy atom. The Bertz CT molecular complexity index is 767. The predicted molar refractivity (Wildman–Crippen MR) is 85.8 cm³/mol. The largest absolute Gasteiger partial charge is 0.468 e. The summed E-state index contributed by atoms with van der Waals surface area (Å²) in [6, 6.07) is 3.04. The maximum Gasteiger partial charge on any atom is 0.280 e. The van der Waals surface area contributed by atoms with E-state index in [0.29, 0.717) is 12.3 Å². The summed E-state index contributed by atoms with van der Waals surface area (Å²) in [5.41, 5.74) is 1.83. The highest BCUT2D eigenvalue weighted by Gasteiger charge is 2.37. The van der Waals surface area contributed by atoms with Gasteiger partial charge in [0.15, 0.2) is 0 Å². The molecule has 7 nitrogen and oxygen atoms in total. The molecule has 0 radical (unpaired) electrons. The maximum atomic E-state index is 12.8. The minimum atomic E-state index is -3.60. The van der Waals surface area contributed by atoms with Gasteiger partial charge in [-0.3, -0.25) is 4.68 Å². The molecule has 2 aromatic rings. The van der Waals surface area contributed by atoms with Gasteiger partial charge in [-0.15, -0.1) is 0 Å². The van der Waals surface area contributed by atoms with Crippen LogP contribution < -0.4 is 4.72 Å². The monoisotopic (exact) mass is 338 g/mol. The molecule has 1 aliphatic rings. The molecule has 1 N–H and O–H groups in total. The van der Waals surface area contributed by atoms with Gasteiger partial charge < -0.3 is 4.42 Å². The second-order valence-corrected chi connectivity index (χ2v) is 7.59. The second-order valence-electron chi connectivity index (χ2n) is 5.94. The van der Waals surface area contributed by atoms with Crippen LogP contribution in [-0.4, -0.2) is 29.0 Å². The normalized spacial score (nSPS) is 20.9. The quantitative estimate of drug-likeness (QED) is 0.905. The summed E-state index contributed by atoms with van der Waals surface area (Å²) in [5, 5.41) is 4.17. The van der Waals surface area contributed by atoms with Crippen LogP contribution in [0.5, 0.6) is 0 Å². The van der Waals surface area contributed by atoms with Crippen LogP contribution >= 0.6 is 0 Å². The van der Waals surface area contributed by atoms with Gasteiger partial charge in [0.2, 0.25) is 0 Å². The van der Waals surface area contributed by atoms with Gasteiger partial charge in [-0.1, -0.05) is 0 Å². The first-order valence-electron chi connectivity index (χ1n) is 7.71. The van der Waals surface area contributed by atoms with Crippen molar-refractivity contribution in [2.75, 3.05) is 6.54 Å². The molecule has 1 fully saturated rings. The van der Waals surface area contributed by atoms with Crippen LogP contribution in [0.4, 0.5) is 0 Å². The van der Waals surface area contributed by atoms with Crippen molar-refractivity contribution in [1.82, 2.24) is 18.8 Å². The Hall–Kier alpha value is -1.64. The van der Waals surface area contributed by atoms with E-state index in [2.05, 4.69) is 9.82 Å². The van der Waals surface area contributed by atoms with Gasteiger partial charge >= 0.3 is 0 Å². The lowest BCUT2D eigenvalue weighted by Crippen LogP contribution is -2.41. The van der Waals surface area contributed by atoms with Crippen LogP contribution in [-0.2, 0) is 17.3 Å². The van der Waals surface area contributed by atoms with Crippen molar-refractivity contribution in [2.45, 2.75) is 38.8 Å². The van der Waals surface area contributed by atoms with Crippen LogP contribution in [0.2, 0.25) is 0 Å². The number of aromatic nitrogens is 2. The maximum absolute atomic E-state index is 12.8. The summed E-state index contributed by atoms with van der Waals surface area (Å²) in [7, 11) is -1.76. The summed E-state index contributed by atoms with van der Waals surface area (Å²) < 4.78 is 37.0. The molecule has 1 saturated heterocycles. The SMILES string of the molecule is Cc1c([C@@H](C)NS(=O)(=O)N2CCC[C@H]2c2ccco2)cnn1C. The molecule has 3 heterocycles. The van der Waals surface area contributed by atoms with E-state index in [1.54, 1.807) is 23.2 Å².